The Labute approximate surface area is 82.0 Å². The van der Waals surface area contributed by atoms with Crippen LogP contribution in [0.4, 0.5) is 0 Å². The zero-order valence-electron chi connectivity index (χ0n) is 8.28. The van der Waals surface area contributed by atoms with Crippen molar-refractivity contribution in [3.8, 4) is 0 Å². The molecule has 0 aromatic heterocycles. The smallest absolute Gasteiger partial charge is 0.303 e. The third-order valence-electron chi connectivity index (χ3n) is 1.69. The first-order valence-corrected chi connectivity index (χ1v) is 6.08. The molecule has 1 N–H and O–H groups in total. The Kier molecular flexibility index (Phi) is 6.86. The molecule has 0 fully saturated rings. The van der Waals surface area contributed by atoms with Crippen LogP contribution >= 0.6 is 0 Å². The molecule has 0 bridgehead atoms. The van der Waals surface area contributed by atoms with Crippen molar-refractivity contribution in [2.24, 2.45) is 5.92 Å². The Morgan fingerprint density at radius 3 is 2.46 bits per heavy atom. The van der Waals surface area contributed by atoms with Gasteiger partial charge >= 0.3 is 5.97 Å². The quantitative estimate of drug-likeness (QED) is 0.689. The van der Waals surface area contributed by atoms with Crippen LogP contribution in [0.15, 0.2) is 0 Å². The lowest BCUT2D eigenvalue weighted by Crippen LogP contribution is -2.07. The fourth-order valence-electron chi connectivity index (χ4n) is 0.854. The highest BCUT2D eigenvalue weighted by Gasteiger charge is 2.03. The molecule has 0 saturated heterocycles. The zero-order chi connectivity index (χ0) is 10.3. The SMILES string of the molecule is CC(C)CCS(=O)CCCC(=O)O. The van der Waals surface area contributed by atoms with Crippen LogP contribution in [0, 0.1) is 5.92 Å². The van der Waals surface area contributed by atoms with Crippen LogP contribution in [0.1, 0.15) is 33.1 Å². The van der Waals surface area contributed by atoms with E-state index in [1.165, 1.54) is 0 Å². The maximum absolute atomic E-state index is 11.2. The molecular weight excluding hydrogens is 188 g/mol. The summed E-state index contributed by atoms with van der Waals surface area (Å²) >= 11 is 0. The fourth-order valence-corrected chi connectivity index (χ4v) is 2.26. The van der Waals surface area contributed by atoms with E-state index in [1.807, 2.05) is 0 Å². The van der Waals surface area contributed by atoms with Crippen molar-refractivity contribution in [1.29, 1.82) is 0 Å². The Bertz CT molecular complexity index is 178. The molecule has 0 aromatic carbocycles. The summed E-state index contributed by atoms with van der Waals surface area (Å²) in [5.41, 5.74) is 0. The molecule has 0 rings (SSSR count). The summed E-state index contributed by atoms with van der Waals surface area (Å²) < 4.78 is 11.2. The monoisotopic (exact) mass is 206 g/mol. The van der Waals surface area contributed by atoms with Gasteiger partial charge < -0.3 is 5.11 Å². The minimum atomic E-state index is -0.820. The number of rotatable bonds is 7. The van der Waals surface area contributed by atoms with Gasteiger partial charge in [0.15, 0.2) is 0 Å². The first kappa shape index (κ1) is 12.6. The Hall–Kier alpha value is -0.380. The number of carbonyl (C=O) groups is 1. The van der Waals surface area contributed by atoms with Gasteiger partial charge in [-0.2, -0.15) is 0 Å². The van der Waals surface area contributed by atoms with E-state index in [9.17, 15) is 9.00 Å². The van der Waals surface area contributed by atoms with Crippen molar-refractivity contribution in [1.82, 2.24) is 0 Å². The highest BCUT2D eigenvalue weighted by atomic mass is 32.2. The average Bonchev–Trinajstić information content (AvgIpc) is 2.00. The third kappa shape index (κ3) is 9.53. The second-order valence-electron chi connectivity index (χ2n) is 3.53. The molecule has 0 amide bonds. The van der Waals surface area contributed by atoms with Crippen molar-refractivity contribution in [2.75, 3.05) is 11.5 Å². The maximum atomic E-state index is 11.2. The second-order valence-corrected chi connectivity index (χ2v) is 5.22. The van der Waals surface area contributed by atoms with Crippen molar-refractivity contribution < 1.29 is 14.1 Å². The van der Waals surface area contributed by atoms with Crippen LogP contribution < -0.4 is 0 Å². The van der Waals surface area contributed by atoms with Gasteiger partial charge in [-0.25, -0.2) is 0 Å². The predicted molar refractivity (Wildman–Crippen MR) is 54.2 cm³/mol. The Morgan fingerprint density at radius 2 is 2.00 bits per heavy atom. The number of hydrogen-bond donors (Lipinski definition) is 1. The van der Waals surface area contributed by atoms with E-state index in [2.05, 4.69) is 13.8 Å². The van der Waals surface area contributed by atoms with Gasteiger partial charge in [-0.3, -0.25) is 9.00 Å². The highest BCUT2D eigenvalue weighted by Crippen LogP contribution is 2.02. The van der Waals surface area contributed by atoms with Gasteiger partial charge in [0.25, 0.3) is 0 Å². The van der Waals surface area contributed by atoms with Gasteiger partial charge in [0.1, 0.15) is 0 Å². The lowest BCUT2D eigenvalue weighted by Gasteiger charge is -2.03. The van der Waals surface area contributed by atoms with Gasteiger partial charge in [-0.05, 0) is 18.8 Å². The molecule has 0 saturated carbocycles. The summed E-state index contributed by atoms with van der Waals surface area (Å²) in [6.07, 6.45) is 1.62. The first-order chi connectivity index (χ1) is 6.02. The van der Waals surface area contributed by atoms with Crippen LogP contribution in [0.5, 0.6) is 0 Å². The zero-order valence-corrected chi connectivity index (χ0v) is 9.10. The standard InChI is InChI=1S/C9H18O3S/c1-8(2)5-7-13(12)6-3-4-9(10)11/h8H,3-7H2,1-2H3,(H,10,11). The third-order valence-corrected chi connectivity index (χ3v) is 3.12. The van der Waals surface area contributed by atoms with Crippen molar-refractivity contribution >= 4 is 16.8 Å². The molecular formula is C9H18O3S. The van der Waals surface area contributed by atoms with E-state index in [0.717, 1.165) is 6.42 Å². The van der Waals surface area contributed by atoms with Crippen LogP contribution in [0.2, 0.25) is 0 Å². The molecule has 78 valence electrons. The van der Waals surface area contributed by atoms with Crippen molar-refractivity contribution in [3.63, 3.8) is 0 Å². The van der Waals surface area contributed by atoms with Gasteiger partial charge in [-0.15, -0.1) is 0 Å². The largest absolute Gasteiger partial charge is 0.481 e. The molecule has 3 nitrogen and oxygen atoms in total. The van der Waals surface area contributed by atoms with Crippen LogP contribution in [0.3, 0.4) is 0 Å². The second kappa shape index (κ2) is 7.06. The number of hydrogen-bond acceptors (Lipinski definition) is 2. The fraction of sp³-hybridized carbons (Fsp3) is 0.889. The van der Waals surface area contributed by atoms with Crippen LogP contribution in [-0.4, -0.2) is 26.8 Å². The molecule has 1 unspecified atom stereocenters. The lowest BCUT2D eigenvalue weighted by atomic mass is 10.2. The van der Waals surface area contributed by atoms with Crippen molar-refractivity contribution in [3.05, 3.63) is 0 Å². The molecule has 0 spiro atoms. The Morgan fingerprint density at radius 1 is 1.38 bits per heavy atom. The average molecular weight is 206 g/mol. The number of carboxylic acids is 1. The summed E-state index contributed by atoms with van der Waals surface area (Å²) in [7, 11) is -0.820. The summed E-state index contributed by atoms with van der Waals surface area (Å²) in [6.45, 7) is 4.18. The molecule has 0 aliphatic carbocycles. The maximum Gasteiger partial charge on any atom is 0.303 e. The molecule has 0 aliphatic heterocycles. The molecule has 13 heavy (non-hydrogen) atoms. The van der Waals surface area contributed by atoms with Crippen LogP contribution in [-0.2, 0) is 15.6 Å². The van der Waals surface area contributed by atoms with Gasteiger partial charge in [0.05, 0.1) is 0 Å². The number of aliphatic carboxylic acids is 1. The molecule has 4 heteroatoms. The van der Waals surface area contributed by atoms with E-state index in [1.54, 1.807) is 0 Å². The first-order valence-electron chi connectivity index (χ1n) is 4.59. The van der Waals surface area contributed by atoms with E-state index in [0.29, 0.717) is 23.8 Å². The minimum absolute atomic E-state index is 0.132. The summed E-state index contributed by atoms with van der Waals surface area (Å²) in [5.74, 6) is 1.00. The van der Waals surface area contributed by atoms with Crippen molar-refractivity contribution in [2.45, 2.75) is 33.1 Å². The van der Waals surface area contributed by atoms with Gasteiger partial charge in [0.2, 0.25) is 0 Å². The normalized spacial score (nSPS) is 13.2. The molecule has 0 aromatic rings. The Balaban J connectivity index is 3.35. The van der Waals surface area contributed by atoms with Crippen LogP contribution in [0.25, 0.3) is 0 Å². The summed E-state index contributed by atoms with van der Waals surface area (Å²) in [4.78, 5) is 10.1. The van der Waals surface area contributed by atoms with E-state index in [4.69, 9.17) is 5.11 Å². The molecule has 1 atom stereocenters. The minimum Gasteiger partial charge on any atom is -0.481 e. The van der Waals surface area contributed by atoms with E-state index < -0.39 is 16.8 Å². The summed E-state index contributed by atoms with van der Waals surface area (Å²) in [5, 5.41) is 8.35. The van der Waals surface area contributed by atoms with Gasteiger partial charge in [0, 0.05) is 28.7 Å². The van der Waals surface area contributed by atoms with E-state index >= 15 is 0 Å². The lowest BCUT2D eigenvalue weighted by molar-refractivity contribution is -0.137. The molecule has 0 aliphatic rings. The topological polar surface area (TPSA) is 54.4 Å². The highest BCUT2D eigenvalue weighted by molar-refractivity contribution is 7.84. The molecule has 0 heterocycles. The predicted octanol–water partition coefficient (Wildman–Crippen LogP) is 1.65. The van der Waals surface area contributed by atoms with E-state index in [-0.39, 0.29) is 6.42 Å². The molecule has 0 radical (unpaired) electrons. The number of carboxylic acid groups (broad SMARTS) is 1. The summed E-state index contributed by atoms with van der Waals surface area (Å²) in [6, 6.07) is 0. The van der Waals surface area contributed by atoms with Gasteiger partial charge in [-0.1, -0.05) is 13.8 Å².